The van der Waals surface area contributed by atoms with E-state index in [0.29, 0.717) is 17.9 Å². The molecule has 0 spiro atoms. The van der Waals surface area contributed by atoms with Crippen LogP contribution in [-0.2, 0) is 10.1 Å². The summed E-state index contributed by atoms with van der Waals surface area (Å²) in [5.41, 5.74) is 0. The van der Waals surface area contributed by atoms with Crippen molar-refractivity contribution >= 4 is 51.4 Å². The van der Waals surface area contributed by atoms with Gasteiger partial charge in [-0.1, -0.05) is 0 Å². The van der Waals surface area contributed by atoms with Crippen LogP contribution in [0.1, 0.15) is 13.3 Å². The Morgan fingerprint density at radius 3 is 2.38 bits per heavy atom. The predicted molar refractivity (Wildman–Crippen MR) is 57.2 cm³/mol. The third-order valence-corrected chi connectivity index (χ3v) is 3.15. The molecule has 0 fully saturated rings. The summed E-state index contributed by atoms with van der Waals surface area (Å²) < 4.78 is 28.8. The molecule has 7 heteroatoms. The van der Waals surface area contributed by atoms with Crippen LogP contribution in [0.3, 0.4) is 0 Å². The molecule has 0 radical (unpaired) electrons. The Bertz CT molecular complexity index is 203. The van der Waals surface area contributed by atoms with Crippen LogP contribution in [0, 0.1) is 0 Å². The number of hydrogen-bond donors (Lipinski definition) is 2. The second kappa shape index (κ2) is 8.52. The molecule has 0 amide bonds. The van der Waals surface area contributed by atoms with E-state index in [0.717, 1.165) is 0 Å². The molecule has 0 bridgehead atoms. The van der Waals surface area contributed by atoms with Gasteiger partial charge in [-0.15, -0.1) is 0 Å². The summed E-state index contributed by atoms with van der Waals surface area (Å²) in [6, 6.07) is 0. The topological polar surface area (TPSA) is 74.6 Å². The minimum atomic E-state index is -3.80. The Labute approximate surface area is 106 Å². The zero-order valence-electron chi connectivity index (χ0n) is 6.93. The van der Waals surface area contributed by atoms with Gasteiger partial charge in [0.2, 0.25) is 0 Å². The zero-order chi connectivity index (χ0) is 9.61. The fourth-order valence-electron chi connectivity index (χ4n) is 0.597. The first-order valence-corrected chi connectivity index (χ1v) is 6.39. The van der Waals surface area contributed by atoms with Crippen LogP contribution in [0.5, 0.6) is 0 Å². The fraction of sp³-hybridized carbons (Fsp3) is 1.00. The predicted octanol–water partition coefficient (Wildman–Crippen LogP) is -0.270. The van der Waals surface area contributed by atoms with Crippen LogP contribution in [0.25, 0.3) is 0 Å². The van der Waals surface area contributed by atoms with Gasteiger partial charge < -0.3 is 5.11 Å². The van der Waals surface area contributed by atoms with Crippen molar-refractivity contribution in [3.8, 4) is 0 Å². The summed E-state index contributed by atoms with van der Waals surface area (Å²) in [6.45, 7) is 1.68. The molecule has 0 saturated heterocycles. The number of rotatable bonds is 6. The SMILES string of the molecule is CC(O)CSCCCS(=O)(=O)O.[NaH]. The number of aliphatic hydroxyl groups is 1. The van der Waals surface area contributed by atoms with Crippen molar-refractivity contribution in [2.24, 2.45) is 0 Å². The summed E-state index contributed by atoms with van der Waals surface area (Å²) in [6.07, 6.45) is 0.0664. The Kier molecular flexibility index (Phi) is 10.9. The van der Waals surface area contributed by atoms with Gasteiger partial charge in [0.15, 0.2) is 0 Å². The van der Waals surface area contributed by atoms with Crippen molar-refractivity contribution < 1.29 is 18.1 Å². The summed E-state index contributed by atoms with van der Waals surface area (Å²) in [7, 11) is -3.80. The van der Waals surface area contributed by atoms with E-state index in [1.54, 1.807) is 6.92 Å². The van der Waals surface area contributed by atoms with E-state index in [-0.39, 0.29) is 41.4 Å². The third kappa shape index (κ3) is 15.9. The van der Waals surface area contributed by atoms with E-state index in [1.807, 2.05) is 0 Å². The van der Waals surface area contributed by atoms with Crippen LogP contribution in [0.2, 0.25) is 0 Å². The minimum absolute atomic E-state index is 0. The van der Waals surface area contributed by atoms with Crippen molar-refractivity contribution in [2.75, 3.05) is 17.3 Å². The van der Waals surface area contributed by atoms with E-state index in [1.165, 1.54) is 11.8 Å². The van der Waals surface area contributed by atoms with Gasteiger partial charge in [0, 0.05) is 5.75 Å². The maximum atomic E-state index is 10.2. The molecule has 0 rings (SSSR count). The Balaban J connectivity index is 0. The maximum absolute atomic E-state index is 10.2. The second-order valence-corrected chi connectivity index (χ2v) is 5.29. The molecule has 0 aliphatic carbocycles. The molecule has 1 atom stereocenters. The molecule has 76 valence electrons. The molecule has 0 aromatic rings. The van der Waals surface area contributed by atoms with Crippen LogP contribution in [0.4, 0.5) is 0 Å². The van der Waals surface area contributed by atoms with Crippen molar-refractivity contribution in [1.82, 2.24) is 0 Å². The number of thioether (sulfide) groups is 1. The van der Waals surface area contributed by atoms with Crippen LogP contribution in [-0.4, -0.2) is 71.0 Å². The molecule has 1 unspecified atom stereocenters. The second-order valence-electron chi connectivity index (χ2n) is 2.56. The van der Waals surface area contributed by atoms with E-state index in [9.17, 15) is 8.42 Å². The number of aliphatic hydroxyl groups excluding tert-OH is 1. The normalized spacial score (nSPS) is 13.5. The Morgan fingerprint density at radius 2 is 2.00 bits per heavy atom. The molecule has 0 aromatic heterocycles. The molecule has 0 aliphatic rings. The van der Waals surface area contributed by atoms with Crippen molar-refractivity contribution in [3.05, 3.63) is 0 Å². The molecule has 0 aliphatic heterocycles. The zero-order valence-corrected chi connectivity index (χ0v) is 8.57. The first kappa shape index (κ1) is 16.6. The van der Waals surface area contributed by atoms with Gasteiger partial charge in [-0.2, -0.15) is 20.2 Å². The monoisotopic (exact) mass is 238 g/mol. The van der Waals surface area contributed by atoms with Gasteiger partial charge in [0.1, 0.15) is 0 Å². The van der Waals surface area contributed by atoms with Crippen molar-refractivity contribution in [3.63, 3.8) is 0 Å². The summed E-state index contributed by atoms with van der Waals surface area (Å²) in [5.74, 6) is 1.05. The number of hydrogen-bond acceptors (Lipinski definition) is 4. The van der Waals surface area contributed by atoms with Crippen LogP contribution < -0.4 is 0 Å². The standard InChI is InChI=1S/C6H14O4S2.Na.H/c1-6(7)5-11-3-2-4-12(8,9)10;;/h6-7H,2-5H2,1H3,(H,8,9,10);;. The molecular weight excluding hydrogens is 223 g/mol. The van der Waals surface area contributed by atoms with E-state index >= 15 is 0 Å². The van der Waals surface area contributed by atoms with Crippen LogP contribution in [0.15, 0.2) is 0 Å². The fourth-order valence-corrected chi connectivity index (χ4v) is 2.15. The molecule has 0 aromatic carbocycles. The summed E-state index contributed by atoms with van der Waals surface area (Å²) >= 11 is 1.48. The average molecular weight is 238 g/mol. The first-order chi connectivity index (χ1) is 5.42. The van der Waals surface area contributed by atoms with Crippen LogP contribution >= 0.6 is 11.8 Å². The van der Waals surface area contributed by atoms with Gasteiger partial charge in [-0.25, -0.2) is 0 Å². The van der Waals surface area contributed by atoms with Gasteiger partial charge >= 0.3 is 29.6 Å². The third-order valence-electron chi connectivity index (χ3n) is 1.05. The van der Waals surface area contributed by atoms with E-state index < -0.39 is 10.1 Å². The molecule has 4 nitrogen and oxygen atoms in total. The molecule has 2 N–H and O–H groups in total. The van der Waals surface area contributed by atoms with Gasteiger partial charge in [0.05, 0.1) is 11.9 Å². The quantitative estimate of drug-likeness (QED) is 0.378. The van der Waals surface area contributed by atoms with Crippen molar-refractivity contribution in [2.45, 2.75) is 19.4 Å². The molecule has 0 heterocycles. The van der Waals surface area contributed by atoms with Gasteiger partial charge in [-0.05, 0) is 19.1 Å². The first-order valence-electron chi connectivity index (χ1n) is 3.63. The van der Waals surface area contributed by atoms with E-state index in [2.05, 4.69) is 0 Å². The van der Waals surface area contributed by atoms with E-state index in [4.69, 9.17) is 9.66 Å². The summed E-state index contributed by atoms with van der Waals surface area (Å²) in [4.78, 5) is 0. The van der Waals surface area contributed by atoms with Gasteiger partial charge in [0.25, 0.3) is 10.1 Å². The van der Waals surface area contributed by atoms with Crippen molar-refractivity contribution in [1.29, 1.82) is 0 Å². The Morgan fingerprint density at radius 1 is 1.46 bits per heavy atom. The molecule has 0 saturated carbocycles. The molecular formula is C6H15NaO4S2. The molecule has 13 heavy (non-hydrogen) atoms. The summed E-state index contributed by atoms with van der Waals surface area (Å²) in [5, 5.41) is 8.82. The average Bonchev–Trinajstić information content (AvgIpc) is 1.83. The van der Waals surface area contributed by atoms with Gasteiger partial charge in [-0.3, -0.25) is 4.55 Å². The Hall–Kier alpha value is 1.22.